The third-order valence-electron chi connectivity index (χ3n) is 3.22. The minimum Gasteiger partial charge on any atom is -0.337 e. The molecule has 2 aromatic rings. The van der Waals surface area contributed by atoms with Gasteiger partial charge in [-0.1, -0.05) is 29.8 Å². The molecule has 1 unspecified atom stereocenters. The molecule has 6 heteroatoms. The summed E-state index contributed by atoms with van der Waals surface area (Å²) in [7, 11) is 1.79. The van der Waals surface area contributed by atoms with E-state index in [9.17, 15) is 4.79 Å². The number of aryl methyl sites for hydroxylation is 1. The number of hydrogen-bond donors (Lipinski definition) is 0. The van der Waals surface area contributed by atoms with E-state index < -0.39 is 0 Å². The van der Waals surface area contributed by atoms with Gasteiger partial charge in [-0.25, -0.2) is 4.68 Å². The third kappa shape index (κ3) is 3.15. The van der Waals surface area contributed by atoms with Crippen molar-refractivity contribution in [3.8, 4) is 0 Å². The predicted molar refractivity (Wildman–Crippen MR) is 70.2 cm³/mol. The minimum absolute atomic E-state index is 0.0181. The van der Waals surface area contributed by atoms with Crippen molar-refractivity contribution in [2.75, 3.05) is 7.05 Å². The Hall–Kier alpha value is -2.24. The fraction of sp³-hybridized carbons (Fsp3) is 0.385. The molecule has 1 amide bonds. The van der Waals surface area contributed by atoms with E-state index in [1.54, 1.807) is 11.9 Å². The number of aromatic nitrogens is 4. The highest BCUT2D eigenvalue weighted by Crippen LogP contribution is 2.19. The number of carbonyl (C=O) groups is 1. The number of hydrogen-bond acceptors (Lipinski definition) is 4. The van der Waals surface area contributed by atoms with Crippen LogP contribution in [-0.2, 0) is 11.3 Å². The molecule has 2 rings (SSSR count). The summed E-state index contributed by atoms with van der Waals surface area (Å²) >= 11 is 0. The molecule has 0 aliphatic carbocycles. The summed E-state index contributed by atoms with van der Waals surface area (Å²) in [5.41, 5.74) is 2.32. The standard InChI is InChI=1S/C13H17N5O/c1-10-4-6-12(7-5-10)11(2)17(3)13(19)8-18-9-14-15-16-18/h4-7,9,11H,8H2,1-3H3. The van der Waals surface area contributed by atoms with E-state index in [1.165, 1.54) is 16.6 Å². The van der Waals surface area contributed by atoms with Crippen LogP contribution in [0.15, 0.2) is 30.6 Å². The first kappa shape index (κ1) is 13.2. The van der Waals surface area contributed by atoms with Crippen LogP contribution in [0.2, 0.25) is 0 Å². The third-order valence-corrected chi connectivity index (χ3v) is 3.22. The van der Waals surface area contributed by atoms with Crippen molar-refractivity contribution in [2.24, 2.45) is 0 Å². The molecular formula is C13H17N5O. The topological polar surface area (TPSA) is 63.9 Å². The lowest BCUT2D eigenvalue weighted by molar-refractivity contribution is -0.132. The summed E-state index contributed by atoms with van der Waals surface area (Å²) in [6.45, 7) is 4.20. The van der Waals surface area contributed by atoms with Gasteiger partial charge in [0, 0.05) is 7.05 Å². The molecule has 1 aromatic carbocycles. The molecule has 0 aliphatic rings. The summed E-state index contributed by atoms with van der Waals surface area (Å²) < 4.78 is 1.42. The summed E-state index contributed by atoms with van der Waals surface area (Å²) in [4.78, 5) is 13.8. The van der Waals surface area contributed by atoms with Crippen LogP contribution in [0.5, 0.6) is 0 Å². The quantitative estimate of drug-likeness (QED) is 0.827. The van der Waals surface area contributed by atoms with Crippen molar-refractivity contribution in [1.82, 2.24) is 25.1 Å². The van der Waals surface area contributed by atoms with Gasteiger partial charge in [0.1, 0.15) is 12.9 Å². The van der Waals surface area contributed by atoms with Crippen molar-refractivity contribution in [3.63, 3.8) is 0 Å². The zero-order valence-electron chi connectivity index (χ0n) is 11.3. The van der Waals surface area contributed by atoms with Gasteiger partial charge in [-0.05, 0) is 29.8 Å². The van der Waals surface area contributed by atoms with E-state index in [2.05, 4.69) is 15.5 Å². The molecule has 0 saturated heterocycles. The van der Waals surface area contributed by atoms with Gasteiger partial charge in [0.25, 0.3) is 0 Å². The first-order chi connectivity index (χ1) is 9.08. The molecule has 0 radical (unpaired) electrons. The van der Waals surface area contributed by atoms with E-state index in [0.29, 0.717) is 0 Å². The summed E-state index contributed by atoms with van der Waals surface area (Å²) in [6.07, 6.45) is 1.43. The zero-order valence-corrected chi connectivity index (χ0v) is 11.3. The average Bonchev–Trinajstić information content (AvgIpc) is 2.90. The number of tetrazole rings is 1. The van der Waals surface area contributed by atoms with Gasteiger partial charge in [0.05, 0.1) is 6.04 Å². The lowest BCUT2D eigenvalue weighted by Crippen LogP contribution is -2.32. The highest BCUT2D eigenvalue weighted by molar-refractivity contribution is 5.76. The first-order valence-corrected chi connectivity index (χ1v) is 6.11. The highest BCUT2D eigenvalue weighted by atomic mass is 16.2. The van der Waals surface area contributed by atoms with Crippen LogP contribution in [0, 0.1) is 6.92 Å². The summed E-state index contributed by atoms with van der Waals surface area (Å²) in [5.74, 6) is -0.0274. The second-order valence-electron chi connectivity index (χ2n) is 4.60. The maximum absolute atomic E-state index is 12.1. The van der Waals surface area contributed by atoms with Gasteiger partial charge in [-0.15, -0.1) is 5.10 Å². The van der Waals surface area contributed by atoms with Crippen molar-refractivity contribution < 1.29 is 4.79 Å². The van der Waals surface area contributed by atoms with E-state index in [0.717, 1.165) is 5.56 Å². The van der Waals surface area contributed by atoms with Crippen molar-refractivity contribution in [3.05, 3.63) is 41.7 Å². The Bertz CT molecular complexity index is 535. The van der Waals surface area contributed by atoms with Crippen LogP contribution < -0.4 is 0 Å². The van der Waals surface area contributed by atoms with Gasteiger partial charge in [-0.3, -0.25) is 4.79 Å². The molecule has 1 aromatic heterocycles. The first-order valence-electron chi connectivity index (χ1n) is 6.11. The Morgan fingerprint density at radius 3 is 2.63 bits per heavy atom. The predicted octanol–water partition coefficient (Wildman–Crippen LogP) is 1.20. The van der Waals surface area contributed by atoms with E-state index in [-0.39, 0.29) is 18.5 Å². The van der Waals surface area contributed by atoms with Crippen LogP contribution in [0.3, 0.4) is 0 Å². The molecule has 0 fully saturated rings. The van der Waals surface area contributed by atoms with Crippen molar-refractivity contribution in [2.45, 2.75) is 26.4 Å². The number of nitrogens with zero attached hydrogens (tertiary/aromatic N) is 5. The van der Waals surface area contributed by atoms with Crippen LogP contribution in [0.4, 0.5) is 0 Å². The average molecular weight is 259 g/mol. The summed E-state index contributed by atoms with van der Waals surface area (Å²) in [5, 5.41) is 10.7. The van der Waals surface area contributed by atoms with Crippen LogP contribution in [-0.4, -0.2) is 38.1 Å². The molecule has 0 saturated carbocycles. The van der Waals surface area contributed by atoms with Gasteiger partial charge in [-0.2, -0.15) is 0 Å². The monoisotopic (exact) mass is 259 g/mol. The second-order valence-corrected chi connectivity index (χ2v) is 4.60. The minimum atomic E-state index is -0.0274. The number of benzene rings is 1. The molecule has 1 atom stereocenters. The molecule has 6 nitrogen and oxygen atoms in total. The molecule has 0 bridgehead atoms. The Kier molecular flexibility index (Phi) is 3.89. The highest BCUT2D eigenvalue weighted by Gasteiger charge is 2.17. The molecule has 19 heavy (non-hydrogen) atoms. The zero-order chi connectivity index (χ0) is 13.8. The molecule has 0 aliphatic heterocycles. The molecule has 0 spiro atoms. The fourth-order valence-corrected chi connectivity index (χ4v) is 1.79. The number of amides is 1. The van der Waals surface area contributed by atoms with Gasteiger partial charge in [0.15, 0.2) is 0 Å². The molecule has 0 N–H and O–H groups in total. The molecule has 100 valence electrons. The largest absolute Gasteiger partial charge is 0.337 e. The van der Waals surface area contributed by atoms with Crippen molar-refractivity contribution >= 4 is 5.91 Å². The Morgan fingerprint density at radius 1 is 1.37 bits per heavy atom. The van der Waals surface area contributed by atoms with Crippen LogP contribution >= 0.6 is 0 Å². The van der Waals surface area contributed by atoms with Crippen LogP contribution in [0.25, 0.3) is 0 Å². The van der Waals surface area contributed by atoms with Gasteiger partial charge in [0.2, 0.25) is 5.91 Å². The fourth-order valence-electron chi connectivity index (χ4n) is 1.79. The maximum Gasteiger partial charge on any atom is 0.244 e. The maximum atomic E-state index is 12.1. The van der Waals surface area contributed by atoms with Gasteiger partial charge < -0.3 is 4.90 Å². The van der Waals surface area contributed by atoms with E-state index in [1.807, 2.05) is 38.1 Å². The normalized spacial score (nSPS) is 12.2. The number of likely N-dealkylation sites (N-methyl/N-ethyl adjacent to an activating group) is 1. The number of carbonyl (C=O) groups excluding carboxylic acids is 1. The van der Waals surface area contributed by atoms with E-state index >= 15 is 0 Å². The lowest BCUT2D eigenvalue weighted by Gasteiger charge is -2.25. The number of rotatable bonds is 4. The van der Waals surface area contributed by atoms with Gasteiger partial charge >= 0.3 is 0 Å². The lowest BCUT2D eigenvalue weighted by atomic mass is 10.1. The Labute approximate surface area is 112 Å². The van der Waals surface area contributed by atoms with Crippen molar-refractivity contribution in [1.29, 1.82) is 0 Å². The smallest absolute Gasteiger partial charge is 0.244 e. The summed E-state index contributed by atoms with van der Waals surface area (Å²) in [6, 6.07) is 8.20. The molecular weight excluding hydrogens is 242 g/mol. The van der Waals surface area contributed by atoms with E-state index in [4.69, 9.17) is 0 Å². The Balaban J connectivity index is 2.04. The second kappa shape index (κ2) is 5.60. The molecule has 1 heterocycles. The SMILES string of the molecule is Cc1ccc(C(C)N(C)C(=O)Cn2cnnn2)cc1. The Morgan fingerprint density at radius 2 is 2.05 bits per heavy atom. The van der Waals surface area contributed by atoms with Crippen LogP contribution in [0.1, 0.15) is 24.1 Å².